The molecule has 4 aromatic heterocycles. The second-order valence-electron chi connectivity index (χ2n) is 18.2. The minimum atomic E-state index is -1.55. The van der Waals surface area contributed by atoms with Gasteiger partial charge in [-0.05, 0) is 79.7 Å². The average molecular weight is 842 g/mol. The molecule has 0 saturated carbocycles. The highest BCUT2D eigenvalue weighted by atomic mass is 28.3. The Kier molecular flexibility index (Phi) is 7.82. The molecular weight excluding hydrogens is 799 g/mol. The zero-order valence-electron chi connectivity index (χ0n) is 36.1. The van der Waals surface area contributed by atoms with Crippen molar-refractivity contribution < 1.29 is 8.83 Å². The fourth-order valence-electron chi connectivity index (χ4n) is 10.3. The van der Waals surface area contributed by atoms with E-state index in [0.717, 1.165) is 89.0 Å². The Morgan fingerprint density at radius 3 is 1.30 bits per heavy atom. The van der Waals surface area contributed by atoms with Gasteiger partial charge in [-0.25, -0.2) is 0 Å². The summed E-state index contributed by atoms with van der Waals surface area (Å²) >= 11 is 0. The summed E-state index contributed by atoms with van der Waals surface area (Å²) in [5, 5.41) is 10.6. The number of fused-ring (bicyclic) bond motifs is 12. The van der Waals surface area contributed by atoms with Gasteiger partial charge >= 0.3 is 0 Å². The molecule has 306 valence electrons. The first kappa shape index (κ1) is 36.8. The molecule has 0 N–H and O–H groups in total. The van der Waals surface area contributed by atoms with Crippen LogP contribution in [0.2, 0.25) is 19.6 Å². The molecule has 0 saturated heterocycles. The van der Waals surface area contributed by atoms with Crippen LogP contribution in [0, 0.1) is 6.92 Å². The number of aromatic nitrogens is 1. The van der Waals surface area contributed by atoms with Crippen LogP contribution in [-0.2, 0) is 0 Å². The lowest BCUT2D eigenvalue weighted by Crippen LogP contribution is -2.37. The number of benzene rings is 9. The number of hydrogen-bond acceptors (Lipinski definition) is 4. The first-order chi connectivity index (χ1) is 31.3. The molecule has 0 spiro atoms. The first-order valence-corrected chi connectivity index (χ1v) is 25.6. The van der Waals surface area contributed by atoms with E-state index in [9.17, 15) is 0 Å². The molecule has 0 aliphatic heterocycles. The Bertz CT molecular complexity index is 3960. The van der Waals surface area contributed by atoms with Crippen molar-refractivity contribution in [2.75, 3.05) is 9.80 Å². The fraction of sp³-hybridized carbons (Fsp3) is 0.0690. The van der Waals surface area contributed by atoms with Gasteiger partial charge in [0, 0.05) is 54.5 Å². The van der Waals surface area contributed by atoms with Crippen molar-refractivity contribution in [3.8, 4) is 0 Å². The van der Waals surface area contributed by atoms with E-state index in [0.29, 0.717) is 0 Å². The summed E-state index contributed by atoms with van der Waals surface area (Å²) in [5.74, 6) is 0. The summed E-state index contributed by atoms with van der Waals surface area (Å²) < 4.78 is 16.0. The highest BCUT2D eigenvalue weighted by molar-refractivity contribution is 6.88. The third-order valence-electron chi connectivity index (χ3n) is 13.3. The van der Waals surface area contributed by atoms with E-state index in [1.54, 1.807) is 0 Å². The topological polar surface area (TPSA) is 37.2 Å². The van der Waals surface area contributed by atoms with Crippen LogP contribution in [0.3, 0.4) is 0 Å². The number of hydrogen-bond donors (Lipinski definition) is 0. The summed E-state index contributed by atoms with van der Waals surface area (Å²) in [7, 11) is -1.55. The number of nitrogens with zero attached hydrogens (tertiary/aromatic N) is 3. The van der Waals surface area contributed by atoms with Crippen molar-refractivity contribution in [3.63, 3.8) is 0 Å². The minimum absolute atomic E-state index is 0.866. The molecule has 0 radical (unpaired) electrons. The second kappa shape index (κ2) is 13.6. The van der Waals surface area contributed by atoms with Crippen molar-refractivity contribution in [1.29, 1.82) is 0 Å². The molecule has 0 aliphatic carbocycles. The van der Waals surface area contributed by atoms with Crippen molar-refractivity contribution in [3.05, 3.63) is 194 Å². The van der Waals surface area contributed by atoms with Crippen molar-refractivity contribution in [2.24, 2.45) is 0 Å². The highest BCUT2D eigenvalue weighted by Crippen LogP contribution is 2.51. The predicted octanol–water partition coefficient (Wildman–Crippen LogP) is 16.4. The maximum atomic E-state index is 6.77. The van der Waals surface area contributed by atoms with Gasteiger partial charge in [-0.1, -0.05) is 146 Å². The van der Waals surface area contributed by atoms with Crippen molar-refractivity contribution in [1.82, 2.24) is 4.40 Å². The quantitative estimate of drug-likeness (QED) is 0.150. The van der Waals surface area contributed by atoms with Crippen LogP contribution in [0.25, 0.3) is 82.0 Å². The molecule has 13 aromatic rings. The number of rotatable bonds is 7. The molecule has 0 fully saturated rings. The summed E-state index contributed by atoms with van der Waals surface area (Å²) in [5.41, 5.74) is 14.6. The van der Waals surface area contributed by atoms with E-state index in [4.69, 9.17) is 8.83 Å². The molecular formula is C58H43N3O2Si. The number of furan rings is 2. The molecule has 64 heavy (non-hydrogen) atoms. The van der Waals surface area contributed by atoms with Crippen LogP contribution in [0.5, 0.6) is 0 Å². The van der Waals surface area contributed by atoms with Gasteiger partial charge in [-0.3, -0.25) is 0 Å². The van der Waals surface area contributed by atoms with Gasteiger partial charge in [-0.2, -0.15) is 0 Å². The lowest BCUT2D eigenvalue weighted by Gasteiger charge is -2.27. The second-order valence-corrected chi connectivity index (χ2v) is 23.3. The number of anilines is 6. The molecule has 0 unspecified atom stereocenters. The van der Waals surface area contributed by atoms with E-state index < -0.39 is 8.07 Å². The fourth-order valence-corrected chi connectivity index (χ4v) is 11.5. The lowest BCUT2D eigenvalue weighted by molar-refractivity contribution is 0.669. The van der Waals surface area contributed by atoms with Gasteiger partial charge in [-0.15, -0.1) is 0 Å². The van der Waals surface area contributed by atoms with Crippen molar-refractivity contribution >= 4 is 129 Å². The molecule has 5 nitrogen and oxygen atoms in total. The van der Waals surface area contributed by atoms with Gasteiger partial charge in [0.05, 0.1) is 47.4 Å². The maximum Gasteiger partial charge on any atom is 0.159 e. The van der Waals surface area contributed by atoms with Crippen LogP contribution in [-0.4, -0.2) is 12.5 Å². The number of aryl methyl sites for hydroxylation is 1. The third kappa shape index (κ3) is 5.29. The van der Waals surface area contributed by atoms with Gasteiger partial charge in [0.25, 0.3) is 0 Å². The van der Waals surface area contributed by atoms with Crippen LogP contribution < -0.4 is 15.0 Å². The summed E-state index contributed by atoms with van der Waals surface area (Å²) in [6, 6.07) is 68.2. The Morgan fingerprint density at radius 1 is 0.391 bits per heavy atom. The van der Waals surface area contributed by atoms with E-state index in [1.807, 2.05) is 12.1 Å². The average Bonchev–Trinajstić information content (AvgIpc) is 4.08. The standard InChI is InChI=1S/C58H43N3O2Si/c1-36-28-30-37(31-29-36)59(50-24-10-16-42-40-14-5-7-26-52(40)62-57(42)50)46-20-12-22-48-54(46)44-18-9-19-45-55-47(21-13-23-49(55)61(48)56(44)45)60(38-32-34-39(35-33-38)64(2,3)4)51-25-11-17-43-41-15-6-8-27-53(41)63-58(43)51/h5-35H,1-4H3. The monoisotopic (exact) mass is 841 g/mol. The van der Waals surface area contributed by atoms with E-state index in [2.05, 4.69) is 217 Å². The van der Waals surface area contributed by atoms with Gasteiger partial charge in [0.1, 0.15) is 11.2 Å². The maximum absolute atomic E-state index is 6.77. The van der Waals surface area contributed by atoms with E-state index >= 15 is 0 Å². The molecule has 0 aliphatic rings. The Labute approximate surface area is 370 Å². The molecule has 0 atom stereocenters. The molecule has 9 aromatic carbocycles. The van der Waals surface area contributed by atoms with E-state index in [1.165, 1.54) is 37.8 Å². The van der Waals surface area contributed by atoms with E-state index in [-0.39, 0.29) is 0 Å². The SMILES string of the molecule is Cc1ccc(N(c2cccc3c2oc2ccccc23)c2cccc3c2c2cccc4c5c(N(c6ccc([Si](C)(C)C)cc6)c6cccc7c6oc6ccccc67)cccc5n3c24)cc1. The molecule has 4 heterocycles. The van der Waals surface area contributed by atoms with Crippen LogP contribution >= 0.6 is 0 Å². The molecule has 13 rings (SSSR count). The highest BCUT2D eigenvalue weighted by Gasteiger charge is 2.28. The zero-order valence-corrected chi connectivity index (χ0v) is 37.1. The number of para-hydroxylation sites is 5. The molecule has 0 amide bonds. The van der Waals surface area contributed by atoms with Gasteiger partial charge < -0.3 is 23.0 Å². The van der Waals surface area contributed by atoms with Crippen LogP contribution in [0.4, 0.5) is 34.1 Å². The predicted molar refractivity (Wildman–Crippen MR) is 273 cm³/mol. The van der Waals surface area contributed by atoms with Gasteiger partial charge in [0.2, 0.25) is 0 Å². The molecule has 6 heteroatoms. The summed E-state index contributed by atoms with van der Waals surface area (Å²) in [4.78, 5) is 4.81. The summed E-state index contributed by atoms with van der Waals surface area (Å²) in [6.45, 7) is 9.36. The largest absolute Gasteiger partial charge is 0.454 e. The Morgan fingerprint density at radius 2 is 0.797 bits per heavy atom. The van der Waals surface area contributed by atoms with Crippen LogP contribution in [0.15, 0.2) is 197 Å². The first-order valence-electron chi connectivity index (χ1n) is 22.1. The Balaban J connectivity index is 1.09. The summed E-state index contributed by atoms with van der Waals surface area (Å²) in [6.07, 6.45) is 0. The smallest absolute Gasteiger partial charge is 0.159 e. The zero-order chi connectivity index (χ0) is 42.8. The lowest BCUT2D eigenvalue weighted by atomic mass is 10.0. The molecule has 0 bridgehead atoms. The van der Waals surface area contributed by atoms with Gasteiger partial charge in [0.15, 0.2) is 11.2 Å². The Hall–Kier alpha value is -7.80. The van der Waals surface area contributed by atoms with Crippen LogP contribution in [0.1, 0.15) is 5.56 Å². The minimum Gasteiger partial charge on any atom is -0.454 e. The van der Waals surface area contributed by atoms with Crippen molar-refractivity contribution in [2.45, 2.75) is 26.6 Å². The third-order valence-corrected chi connectivity index (χ3v) is 15.4. The normalized spacial score (nSPS) is 12.4.